The Kier molecular flexibility index (Phi) is 5.64. The minimum Gasteiger partial charge on any atom is -0.492 e. The van der Waals surface area contributed by atoms with Crippen molar-refractivity contribution in [2.75, 3.05) is 26.7 Å². The maximum absolute atomic E-state index is 6.12. The Labute approximate surface area is 103 Å². The topological polar surface area (TPSA) is 12.5 Å². The zero-order valence-electron chi connectivity index (χ0n) is 10.3. The van der Waals surface area contributed by atoms with Crippen LogP contribution in [0.5, 0.6) is 5.75 Å². The van der Waals surface area contributed by atoms with Crippen molar-refractivity contribution >= 4 is 11.6 Å². The second kappa shape index (κ2) is 6.77. The van der Waals surface area contributed by atoms with Crippen LogP contribution in [-0.2, 0) is 6.42 Å². The van der Waals surface area contributed by atoms with Gasteiger partial charge in [0.15, 0.2) is 0 Å². The Morgan fingerprint density at radius 3 is 2.62 bits per heavy atom. The van der Waals surface area contributed by atoms with Crippen molar-refractivity contribution in [3.05, 3.63) is 28.8 Å². The number of halogens is 1. The van der Waals surface area contributed by atoms with E-state index in [-0.39, 0.29) is 0 Å². The Balaban J connectivity index is 2.59. The normalized spacial score (nSPS) is 10.8. The van der Waals surface area contributed by atoms with Crippen LogP contribution in [0.25, 0.3) is 0 Å². The molecule has 0 fully saturated rings. The van der Waals surface area contributed by atoms with Gasteiger partial charge < -0.3 is 9.64 Å². The molecular weight excluding hydrogens is 222 g/mol. The van der Waals surface area contributed by atoms with Crippen LogP contribution in [0.2, 0.25) is 5.02 Å². The van der Waals surface area contributed by atoms with Gasteiger partial charge in [-0.15, -0.1) is 0 Å². The van der Waals surface area contributed by atoms with E-state index in [4.69, 9.17) is 16.3 Å². The van der Waals surface area contributed by atoms with Crippen LogP contribution >= 0.6 is 11.6 Å². The number of likely N-dealkylation sites (N-methyl/N-ethyl adjacent to an activating group) is 1. The first kappa shape index (κ1) is 13.3. The summed E-state index contributed by atoms with van der Waals surface area (Å²) in [6, 6.07) is 6.03. The molecule has 0 saturated heterocycles. The van der Waals surface area contributed by atoms with Gasteiger partial charge in [0, 0.05) is 6.54 Å². The van der Waals surface area contributed by atoms with E-state index < -0.39 is 0 Å². The van der Waals surface area contributed by atoms with Crippen molar-refractivity contribution in [3.63, 3.8) is 0 Å². The fraction of sp³-hybridized carbons (Fsp3) is 0.538. The van der Waals surface area contributed by atoms with Crippen LogP contribution in [0, 0.1) is 0 Å². The van der Waals surface area contributed by atoms with Crippen LogP contribution in [0.15, 0.2) is 18.2 Å². The number of benzene rings is 1. The third-order valence-corrected chi connectivity index (χ3v) is 2.91. The standard InChI is InChI=1S/C13H20ClNO/c1-4-15(3)9-8-11-6-7-13(16-5-2)12(14)10-11/h6-7,10H,4-5,8-9H2,1-3H3. The van der Waals surface area contributed by atoms with Crippen LogP contribution in [0.1, 0.15) is 19.4 Å². The smallest absolute Gasteiger partial charge is 0.137 e. The summed E-state index contributed by atoms with van der Waals surface area (Å²) >= 11 is 6.12. The second-order valence-electron chi connectivity index (χ2n) is 3.84. The number of rotatable bonds is 6. The molecule has 2 nitrogen and oxygen atoms in total. The molecule has 1 rings (SSSR count). The van der Waals surface area contributed by atoms with Crippen LogP contribution in [-0.4, -0.2) is 31.6 Å². The summed E-state index contributed by atoms with van der Waals surface area (Å²) in [6.45, 7) is 6.90. The maximum atomic E-state index is 6.12. The molecule has 0 unspecified atom stereocenters. The molecule has 0 amide bonds. The first-order valence-corrected chi connectivity index (χ1v) is 6.15. The van der Waals surface area contributed by atoms with Gasteiger partial charge >= 0.3 is 0 Å². The van der Waals surface area contributed by atoms with Gasteiger partial charge in [-0.2, -0.15) is 0 Å². The van der Waals surface area contributed by atoms with E-state index in [1.54, 1.807) is 0 Å². The molecule has 0 aliphatic heterocycles. The van der Waals surface area contributed by atoms with Crippen LogP contribution in [0.3, 0.4) is 0 Å². The molecule has 1 aromatic rings. The predicted octanol–water partition coefficient (Wildman–Crippen LogP) is 3.23. The predicted molar refractivity (Wildman–Crippen MR) is 69.5 cm³/mol. The highest BCUT2D eigenvalue weighted by molar-refractivity contribution is 6.32. The minimum absolute atomic E-state index is 0.650. The summed E-state index contributed by atoms with van der Waals surface area (Å²) in [6.07, 6.45) is 1.02. The molecule has 0 radical (unpaired) electrons. The zero-order valence-corrected chi connectivity index (χ0v) is 11.0. The molecule has 0 N–H and O–H groups in total. The van der Waals surface area contributed by atoms with Gasteiger partial charge in [-0.3, -0.25) is 0 Å². The Bertz CT molecular complexity index is 328. The van der Waals surface area contributed by atoms with E-state index >= 15 is 0 Å². The molecule has 0 atom stereocenters. The van der Waals surface area contributed by atoms with E-state index in [0.717, 1.165) is 25.3 Å². The van der Waals surface area contributed by atoms with Gasteiger partial charge in [0.05, 0.1) is 11.6 Å². The van der Waals surface area contributed by atoms with Gasteiger partial charge in [0.1, 0.15) is 5.75 Å². The largest absolute Gasteiger partial charge is 0.492 e. The molecule has 0 bridgehead atoms. The molecule has 0 aliphatic carbocycles. The molecule has 3 heteroatoms. The van der Waals surface area contributed by atoms with Crippen molar-refractivity contribution in [1.29, 1.82) is 0 Å². The van der Waals surface area contributed by atoms with E-state index in [0.29, 0.717) is 11.6 Å². The van der Waals surface area contributed by atoms with Crippen LogP contribution in [0.4, 0.5) is 0 Å². The average Bonchev–Trinajstić information content (AvgIpc) is 2.29. The summed E-state index contributed by atoms with van der Waals surface area (Å²) in [5, 5.41) is 0.707. The highest BCUT2D eigenvalue weighted by Crippen LogP contribution is 2.25. The van der Waals surface area contributed by atoms with Gasteiger partial charge in [-0.1, -0.05) is 24.6 Å². The number of hydrogen-bond donors (Lipinski definition) is 0. The van der Waals surface area contributed by atoms with E-state index in [2.05, 4.69) is 24.9 Å². The van der Waals surface area contributed by atoms with Crippen molar-refractivity contribution in [3.8, 4) is 5.75 Å². The second-order valence-corrected chi connectivity index (χ2v) is 4.25. The van der Waals surface area contributed by atoms with Crippen molar-refractivity contribution in [2.45, 2.75) is 20.3 Å². The summed E-state index contributed by atoms with van der Waals surface area (Å²) < 4.78 is 5.40. The van der Waals surface area contributed by atoms with E-state index in [9.17, 15) is 0 Å². The average molecular weight is 242 g/mol. The number of hydrogen-bond acceptors (Lipinski definition) is 2. The number of nitrogens with zero attached hydrogens (tertiary/aromatic N) is 1. The molecule has 16 heavy (non-hydrogen) atoms. The first-order valence-electron chi connectivity index (χ1n) is 5.77. The molecule has 0 aromatic heterocycles. The van der Waals surface area contributed by atoms with Crippen molar-refractivity contribution in [2.24, 2.45) is 0 Å². The molecule has 0 spiro atoms. The van der Waals surface area contributed by atoms with E-state index in [1.165, 1.54) is 5.56 Å². The Morgan fingerprint density at radius 1 is 1.31 bits per heavy atom. The summed E-state index contributed by atoms with van der Waals surface area (Å²) in [7, 11) is 2.12. The first-order chi connectivity index (χ1) is 7.67. The van der Waals surface area contributed by atoms with E-state index in [1.807, 2.05) is 19.1 Å². The highest BCUT2D eigenvalue weighted by Gasteiger charge is 2.03. The maximum Gasteiger partial charge on any atom is 0.137 e. The minimum atomic E-state index is 0.650. The molecule has 90 valence electrons. The lowest BCUT2D eigenvalue weighted by Gasteiger charge is -2.14. The fourth-order valence-corrected chi connectivity index (χ4v) is 1.71. The Morgan fingerprint density at radius 2 is 2.06 bits per heavy atom. The van der Waals surface area contributed by atoms with Gasteiger partial charge in [-0.05, 0) is 44.6 Å². The molecule has 0 saturated carbocycles. The summed E-state index contributed by atoms with van der Waals surface area (Å²) in [4.78, 5) is 2.28. The number of ether oxygens (including phenoxy) is 1. The Hall–Kier alpha value is -0.730. The zero-order chi connectivity index (χ0) is 12.0. The highest BCUT2D eigenvalue weighted by atomic mass is 35.5. The summed E-state index contributed by atoms with van der Waals surface area (Å²) in [5.41, 5.74) is 1.26. The third-order valence-electron chi connectivity index (χ3n) is 2.62. The van der Waals surface area contributed by atoms with Crippen molar-refractivity contribution < 1.29 is 4.74 Å². The monoisotopic (exact) mass is 241 g/mol. The lowest BCUT2D eigenvalue weighted by molar-refractivity contribution is 0.340. The van der Waals surface area contributed by atoms with Gasteiger partial charge in [0.2, 0.25) is 0 Å². The van der Waals surface area contributed by atoms with Crippen LogP contribution < -0.4 is 4.74 Å². The quantitative estimate of drug-likeness (QED) is 0.758. The lowest BCUT2D eigenvalue weighted by atomic mass is 10.1. The molecule has 0 aliphatic rings. The molecule has 1 aromatic carbocycles. The fourth-order valence-electron chi connectivity index (χ4n) is 1.45. The third kappa shape index (κ3) is 4.03. The summed E-state index contributed by atoms with van der Waals surface area (Å²) in [5.74, 6) is 0.775. The SMILES string of the molecule is CCOc1ccc(CCN(C)CC)cc1Cl. The molecular formula is C13H20ClNO. The van der Waals surface area contributed by atoms with Gasteiger partial charge in [0.25, 0.3) is 0 Å². The van der Waals surface area contributed by atoms with Gasteiger partial charge in [-0.25, -0.2) is 0 Å². The lowest BCUT2D eigenvalue weighted by Crippen LogP contribution is -2.20. The molecule has 0 heterocycles. The van der Waals surface area contributed by atoms with Crippen molar-refractivity contribution in [1.82, 2.24) is 4.90 Å².